The third-order valence-electron chi connectivity index (χ3n) is 0.197. The molecule has 0 aromatic carbocycles. The topological polar surface area (TPSA) is 121 Å². The van der Waals surface area contributed by atoms with Crippen molar-refractivity contribution in [3.8, 4) is 0 Å². The van der Waals surface area contributed by atoms with Crippen molar-refractivity contribution in [3.05, 3.63) is 0 Å². The Bertz CT molecular complexity index is 250. The van der Waals surface area contributed by atoms with E-state index in [0.717, 1.165) is 0 Å². The van der Waals surface area contributed by atoms with E-state index in [1.165, 1.54) is 0 Å². The van der Waals surface area contributed by atoms with Crippen molar-refractivity contribution in [3.63, 3.8) is 0 Å². The van der Waals surface area contributed by atoms with Crippen molar-refractivity contribution in [2.24, 2.45) is 0 Å². The molecule has 0 radical (unpaired) electrons. The predicted octanol–water partition coefficient (Wildman–Crippen LogP) is -4.08. The second-order valence-electron chi connectivity index (χ2n) is 0.972. The summed E-state index contributed by atoms with van der Waals surface area (Å²) < 4.78 is 58.7. The Kier molecular flexibility index (Phi) is 6.64. The molecule has 11 heavy (non-hydrogen) atoms. The molecular weight excluding hydrogens is 231 g/mol. The molecule has 0 bridgehead atoms. The molecule has 0 atom stereocenters. The van der Waals surface area contributed by atoms with Crippen LogP contribution >= 0.6 is 11.1 Å². The van der Waals surface area contributed by atoms with Crippen molar-refractivity contribution in [1.82, 2.24) is 0 Å². The molecule has 11 heteroatoms. The second-order valence-corrected chi connectivity index (χ2v) is 5.00. The van der Waals surface area contributed by atoms with Gasteiger partial charge in [-0.3, -0.25) is 4.55 Å². The molecule has 0 aromatic rings. The molecule has 0 saturated heterocycles. The van der Waals surface area contributed by atoms with Gasteiger partial charge in [-0.15, -0.1) is 0 Å². The first-order valence-corrected chi connectivity index (χ1v) is 5.55. The van der Waals surface area contributed by atoms with E-state index in [4.69, 9.17) is 4.55 Å². The molecule has 0 aliphatic carbocycles. The minimum Gasteiger partial charge on any atom is -0.725 e. The Morgan fingerprint density at radius 2 is 1.64 bits per heavy atom. The summed E-state index contributed by atoms with van der Waals surface area (Å²) in [5, 5.41) is 0. The van der Waals surface area contributed by atoms with Gasteiger partial charge < -0.3 is 4.55 Å². The number of hydrogen-bond acceptors (Lipinski definition) is 7. The van der Waals surface area contributed by atoms with Gasteiger partial charge >= 0.3 is 38.7 Å². The van der Waals surface area contributed by atoms with Crippen LogP contribution in [0.5, 0.6) is 0 Å². The third-order valence-corrected chi connectivity index (χ3v) is 2.27. The van der Waals surface area contributed by atoms with Crippen LogP contribution in [0.25, 0.3) is 0 Å². The molecule has 0 heterocycles. The molecule has 0 aliphatic heterocycles. The second kappa shape index (κ2) is 4.99. The Morgan fingerprint density at radius 1 is 1.27 bits per heavy atom. The van der Waals surface area contributed by atoms with E-state index < -0.39 is 30.6 Å². The van der Waals surface area contributed by atoms with Gasteiger partial charge in [0, 0.05) is 0 Å². The molecule has 0 unspecified atom stereocenters. The van der Waals surface area contributed by atoms with Crippen LogP contribution in [0, 0.1) is 0 Å². The largest absolute Gasteiger partial charge is 1.00 e. The Balaban J connectivity index is 0. The van der Waals surface area contributed by atoms with E-state index in [1.54, 1.807) is 0 Å². The molecule has 0 spiro atoms. The molecule has 62 valence electrons. The summed E-state index contributed by atoms with van der Waals surface area (Å²) in [5.74, 6) is 0. The molecular formula is HNaO7S3. The average molecular weight is 232 g/mol. The van der Waals surface area contributed by atoms with Crippen molar-refractivity contribution >= 4 is 30.6 Å². The maximum atomic E-state index is 9.67. The fourth-order valence-electron chi connectivity index (χ4n) is 0.0691. The monoisotopic (exact) mass is 232 g/mol. The van der Waals surface area contributed by atoms with Crippen LogP contribution in [0.3, 0.4) is 0 Å². The molecule has 0 amide bonds. The van der Waals surface area contributed by atoms with Crippen LogP contribution in [0.1, 0.15) is 0 Å². The van der Waals surface area contributed by atoms with Crippen molar-refractivity contribution in [2.75, 3.05) is 0 Å². The van der Waals surface area contributed by atoms with Gasteiger partial charge in [0.05, 0.1) is 0 Å². The van der Waals surface area contributed by atoms with Crippen LogP contribution in [0.15, 0.2) is 0 Å². The van der Waals surface area contributed by atoms with Gasteiger partial charge in [0.25, 0.3) is 0 Å². The first kappa shape index (κ1) is 14.6. The van der Waals surface area contributed by atoms with Crippen LogP contribution in [0.4, 0.5) is 0 Å². The Labute approximate surface area is 89.1 Å². The van der Waals surface area contributed by atoms with Crippen molar-refractivity contribution < 1.29 is 59.1 Å². The number of rotatable bonds is 3. The minimum absolute atomic E-state index is 0. The zero-order valence-electron chi connectivity index (χ0n) is 5.12. The quantitative estimate of drug-likeness (QED) is 0.171. The molecule has 7 nitrogen and oxygen atoms in total. The van der Waals surface area contributed by atoms with E-state index in [2.05, 4.69) is 3.63 Å². The molecule has 0 rings (SSSR count). The summed E-state index contributed by atoms with van der Waals surface area (Å²) in [6.45, 7) is 0. The van der Waals surface area contributed by atoms with Gasteiger partial charge in [0.1, 0.15) is 0 Å². The van der Waals surface area contributed by atoms with Gasteiger partial charge in [0.2, 0.25) is 10.4 Å². The van der Waals surface area contributed by atoms with Gasteiger partial charge in [-0.1, -0.05) is 0 Å². The summed E-state index contributed by atoms with van der Waals surface area (Å²) in [6.07, 6.45) is 0. The summed E-state index contributed by atoms with van der Waals surface area (Å²) in [5.41, 5.74) is 0. The normalized spacial score (nSPS) is 12.2. The zero-order chi connectivity index (χ0) is 8.41. The van der Waals surface area contributed by atoms with Gasteiger partial charge in [-0.25, -0.2) is 8.42 Å². The Hall–Kier alpha value is 1.13. The van der Waals surface area contributed by atoms with Gasteiger partial charge in [-0.2, -0.15) is 12.0 Å². The first-order valence-electron chi connectivity index (χ1n) is 1.52. The van der Waals surface area contributed by atoms with Crippen molar-refractivity contribution in [2.45, 2.75) is 0 Å². The van der Waals surface area contributed by atoms with E-state index in [1.807, 2.05) is 0 Å². The molecule has 1 N–H and O–H groups in total. The minimum atomic E-state index is -5.08. The third kappa shape index (κ3) is 14.0. The molecule has 0 saturated carbocycles. The predicted molar refractivity (Wildman–Crippen MR) is 29.9 cm³/mol. The molecule has 0 aliphatic rings. The maximum Gasteiger partial charge on any atom is 1.00 e. The van der Waals surface area contributed by atoms with Gasteiger partial charge in [0.15, 0.2) is 11.1 Å². The molecule has 0 fully saturated rings. The maximum absolute atomic E-state index is 9.67. The average Bonchev–Trinajstić information content (AvgIpc) is 1.57. The fourth-order valence-corrected chi connectivity index (χ4v) is 1.87. The van der Waals surface area contributed by atoms with Gasteiger partial charge in [-0.05, 0) is 0 Å². The number of hydrogen-bond donors (Lipinski definition) is 1. The first-order chi connectivity index (χ1) is 4.21. The van der Waals surface area contributed by atoms with Crippen molar-refractivity contribution in [1.29, 1.82) is 0 Å². The van der Waals surface area contributed by atoms with E-state index in [-0.39, 0.29) is 29.6 Å². The summed E-state index contributed by atoms with van der Waals surface area (Å²) in [6, 6.07) is 0. The van der Waals surface area contributed by atoms with Crippen LogP contribution in [-0.4, -0.2) is 25.9 Å². The fraction of sp³-hybridized carbons (Fsp3) is 0. The van der Waals surface area contributed by atoms with E-state index in [9.17, 15) is 21.4 Å². The van der Waals surface area contributed by atoms with Crippen LogP contribution < -0.4 is 29.6 Å². The summed E-state index contributed by atoms with van der Waals surface area (Å²) >= 11 is -0.832. The Morgan fingerprint density at radius 3 is 1.73 bits per heavy atom. The smallest absolute Gasteiger partial charge is 0.725 e. The van der Waals surface area contributed by atoms with E-state index >= 15 is 0 Å². The molecule has 0 aromatic heterocycles. The van der Waals surface area contributed by atoms with Crippen LogP contribution in [0.2, 0.25) is 0 Å². The zero-order valence-corrected chi connectivity index (χ0v) is 9.57. The standard InChI is InChI=1S/Na.H2O7S3/c;1-9(2,3)7-8-10(4,5)6/h;(H,1,2,3)(H,4,5,6)/q+1;/p-1. The van der Waals surface area contributed by atoms with Crippen LogP contribution in [-0.2, 0) is 23.2 Å². The summed E-state index contributed by atoms with van der Waals surface area (Å²) in [7, 11) is -9.73. The summed E-state index contributed by atoms with van der Waals surface area (Å²) in [4.78, 5) is 0. The SMILES string of the molecule is O=S(=O)([O-])OSS(=O)(=O)O.[Na+]. The van der Waals surface area contributed by atoms with E-state index in [0.29, 0.717) is 0 Å².